The van der Waals surface area contributed by atoms with Crippen LogP contribution in [0.5, 0.6) is 0 Å². The average molecular weight is 664 g/mol. The molecule has 4 aromatic rings. The highest BCUT2D eigenvalue weighted by Gasteiger charge is 2.39. The van der Waals surface area contributed by atoms with Crippen molar-refractivity contribution in [1.29, 1.82) is 0 Å². The van der Waals surface area contributed by atoms with Crippen molar-refractivity contribution >= 4 is 58.2 Å². The molecule has 7 nitrogen and oxygen atoms in total. The second-order valence-corrected chi connectivity index (χ2v) is 12.6. The number of hydrogen-bond donors (Lipinski definition) is 1. The molecule has 232 valence electrons. The van der Waals surface area contributed by atoms with Crippen LogP contribution in [0.15, 0.2) is 97.1 Å². The van der Waals surface area contributed by atoms with E-state index in [4.69, 9.17) is 39.5 Å². The first kappa shape index (κ1) is 31.2. The van der Waals surface area contributed by atoms with Crippen LogP contribution in [-0.2, 0) is 4.74 Å². The van der Waals surface area contributed by atoms with E-state index < -0.39 is 0 Å². The average Bonchev–Trinajstić information content (AvgIpc) is 3.05. The molecule has 0 unspecified atom stereocenters. The summed E-state index contributed by atoms with van der Waals surface area (Å²) in [6.45, 7) is 3.89. The number of hydrogen-bond acceptors (Lipinski definition) is 5. The van der Waals surface area contributed by atoms with Gasteiger partial charge in [-0.25, -0.2) is 9.59 Å². The zero-order valence-electron chi connectivity index (χ0n) is 24.5. The maximum atomic E-state index is 13.5. The highest BCUT2D eigenvalue weighted by atomic mass is 35.5. The first-order valence-corrected chi connectivity index (χ1v) is 16.1. The molecule has 2 fully saturated rings. The van der Waals surface area contributed by atoms with Crippen LogP contribution >= 0.6 is 34.8 Å². The van der Waals surface area contributed by atoms with E-state index in [0.29, 0.717) is 45.8 Å². The Morgan fingerprint density at radius 2 is 1.42 bits per heavy atom. The van der Waals surface area contributed by atoms with Crippen LogP contribution < -0.4 is 10.2 Å². The van der Waals surface area contributed by atoms with E-state index in [1.165, 1.54) is 0 Å². The van der Waals surface area contributed by atoms with Gasteiger partial charge in [-0.15, -0.1) is 0 Å². The molecule has 2 saturated heterocycles. The summed E-state index contributed by atoms with van der Waals surface area (Å²) in [6.07, 6.45) is 0.118. The predicted octanol–water partition coefficient (Wildman–Crippen LogP) is 7.97. The Labute approximate surface area is 278 Å². The summed E-state index contributed by atoms with van der Waals surface area (Å²) in [5.74, 6) is -0.369. The summed E-state index contributed by atoms with van der Waals surface area (Å²) in [4.78, 5) is 33.3. The predicted molar refractivity (Wildman–Crippen MR) is 182 cm³/mol. The van der Waals surface area contributed by atoms with Crippen LogP contribution in [0.25, 0.3) is 11.1 Å². The number of ether oxygens (including phenoxy) is 1. The van der Waals surface area contributed by atoms with Crippen molar-refractivity contribution in [3.05, 3.63) is 118 Å². The standard InChI is InChI=1S/C35H33Cl3N4O3/c36-27-10-5-11-31(22-27)40-14-16-41(17-15-40)32-23-42(35(44)39-30-20-28(37)19-29(38)21-30)13-12-33(32)45-34(43)26-9-4-8-25(18-26)24-6-2-1-3-7-24/h1-11,18-22,32-33H,12-17,23H2,(H,39,44)/t32-,33-/m1/s1. The van der Waals surface area contributed by atoms with Gasteiger partial charge in [-0.05, 0) is 59.7 Å². The second kappa shape index (κ2) is 14.1. The summed E-state index contributed by atoms with van der Waals surface area (Å²) < 4.78 is 6.23. The number of nitrogens with one attached hydrogen (secondary N) is 1. The highest BCUT2D eigenvalue weighted by molar-refractivity contribution is 6.35. The van der Waals surface area contributed by atoms with E-state index in [9.17, 15) is 9.59 Å². The second-order valence-electron chi connectivity index (χ2n) is 11.3. The molecular formula is C35H33Cl3N4O3. The number of anilines is 2. The molecule has 0 aliphatic carbocycles. The molecule has 0 saturated carbocycles. The lowest BCUT2D eigenvalue weighted by atomic mass is 9.99. The van der Waals surface area contributed by atoms with E-state index in [0.717, 1.165) is 43.0 Å². The molecule has 2 aliphatic rings. The zero-order valence-corrected chi connectivity index (χ0v) is 26.8. The summed E-state index contributed by atoms with van der Waals surface area (Å²) in [5, 5.41) is 4.51. The largest absolute Gasteiger partial charge is 0.457 e. The normalized spacial score (nSPS) is 18.8. The van der Waals surface area contributed by atoms with Gasteiger partial charge in [0.15, 0.2) is 0 Å². The van der Waals surface area contributed by atoms with Crippen molar-refractivity contribution in [2.75, 3.05) is 49.5 Å². The van der Waals surface area contributed by atoms with Crippen molar-refractivity contribution < 1.29 is 14.3 Å². The fourth-order valence-corrected chi connectivity index (χ4v) is 6.77. The maximum absolute atomic E-state index is 13.5. The molecule has 10 heteroatoms. The highest BCUT2D eigenvalue weighted by Crippen LogP contribution is 2.28. The Morgan fingerprint density at radius 3 is 2.16 bits per heavy atom. The van der Waals surface area contributed by atoms with Crippen LogP contribution in [0.4, 0.5) is 16.2 Å². The third-order valence-corrected chi connectivity index (χ3v) is 9.01. The van der Waals surface area contributed by atoms with Gasteiger partial charge in [-0.1, -0.05) is 83.3 Å². The molecule has 0 bridgehead atoms. The van der Waals surface area contributed by atoms with E-state index in [-0.39, 0.29) is 24.1 Å². The third kappa shape index (κ3) is 7.74. The monoisotopic (exact) mass is 662 g/mol. The summed E-state index contributed by atoms with van der Waals surface area (Å²) in [7, 11) is 0. The molecule has 2 amide bonds. The van der Waals surface area contributed by atoms with Gasteiger partial charge < -0.3 is 19.9 Å². The van der Waals surface area contributed by atoms with Crippen molar-refractivity contribution in [3.8, 4) is 11.1 Å². The molecular weight excluding hydrogens is 631 g/mol. The van der Waals surface area contributed by atoms with Crippen LogP contribution in [-0.4, -0.2) is 73.2 Å². The topological polar surface area (TPSA) is 65.1 Å². The number of carbonyl (C=O) groups excluding carboxylic acids is 2. The summed E-state index contributed by atoms with van der Waals surface area (Å²) in [5.41, 5.74) is 4.08. The lowest BCUT2D eigenvalue weighted by Gasteiger charge is -2.46. The number of esters is 1. The van der Waals surface area contributed by atoms with Gasteiger partial charge in [0.25, 0.3) is 0 Å². The number of urea groups is 1. The minimum Gasteiger partial charge on any atom is -0.457 e. The van der Waals surface area contributed by atoms with Gasteiger partial charge in [0, 0.05) is 72.1 Å². The molecule has 0 spiro atoms. The quantitative estimate of drug-likeness (QED) is 0.212. The van der Waals surface area contributed by atoms with Crippen LogP contribution in [0.1, 0.15) is 16.8 Å². The number of piperidine rings is 1. The van der Waals surface area contributed by atoms with Gasteiger partial charge in [-0.3, -0.25) is 4.90 Å². The molecule has 45 heavy (non-hydrogen) atoms. The first-order valence-electron chi connectivity index (χ1n) is 15.0. The Balaban J connectivity index is 1.18. The Kier molecular flexibility index (Phi) is 9.81. The zero-order chi connectivity index (χ0) is 31.3. The van der Waals surface area contributed by atoms with E-state index in [1.54, 1.807) is 29.2 Å². The number of likely N-dealkylation sites (tertiary alicyclic amines) is 1. The number of benzene rings is 4. The number of piperazine rings is 1. The molecule has 2 atom stereocenters. The van der Waals surface area contributed by atoms with Gasteiger partial charge >= 0.3 is 12.0 Å². The van der Waals surface area contributed by atoms with Crippen LogP contribution in [0.2, 0.25) is 15.1 Å². The SMILES string of the molecule is O=C(O[C@@H]1CCN(C(=O)Nc2cc(Cl)cc(Cl)c2)C[C@H]1N1CCN(c2cccc(Cl)c2)CC1)c1cccc(-c2ccccc2)c1. The molecule has 4 aromatic carbocycles. The molecule has 0 aromatic heterocycles. The van der Waals surface area contributed by atoms with Gasteiger partial charge in [0.1, 0.15) is 6.10 Å². The van der Waals surface area contributed by atoms with Gasteiger partial charge in [-0.2, -0.15) is 0 Å². The van der Waals surface area contributed by atoms with E-state index in [2.05, 4.69) is 21.2 Å². The summed E-state index contributed by atoms with van der Waals surface area (Å²) in [6, 6.07) is 29.8. The molecule has 0 radical (unpaired) electrons. The summed E-state index contributed by atoms with van der Waals surface area (Å²) >= 11 is 18.6. The fraction of sp³-hybridized carbons (Fsp3) is 0.257. The van der Waals surface area contributed by atoms with Crippen molar-refractivity contribution in [2.45, 2.75) is 18.6 Å². The van der Waals surface area contributed by atoms with Crippen molar-refractivity contribution in [3.63, 3.8) is 0 Å². The lowest BCUT2D eigenvalue weighted by molar-refractivity contribution is -0.0290. The molecule has 1 N–H and O–H groups in total. The molecule has 2 aliphatic heterocycles. The van der Waals surface area contributed by atoms with Crippen molar-refractivity contribution in [1.82, 2.24) is 9.80 Å². The smallest absolute Gasteiger partial charge is 0.338 e. The van der Waals surface area contributed by atoms with Crippen molar-refractivity contribution in [2.24, 2.45) is 0 Å². The fourth-order valence-electron chi connectivity index (χ4n) is 6.06. The number of rotatable bonds is 6. The molecule has 6 rings (SSSR count). The number of nitrogens with zero attached hydrogens (tertiary/aromatic N) is 3. The first-order chi connectivity index (χ1) is 21.8. The maximum Gasteiger partial charge on any atom is 0.338 e. The molecule has 2 heterocycles. The van der Waals surface area contributed by atoms with Crippen LogP contribution in [0, 0.1) is 0 Å². The van der Waals surface area contributed by atoms with Crippen LogP contribution in [0.3, 0.4) is 0 Å². The van der Waals surface area contributed by atoms with E-state index in [1.807, 2.05) is 66.7 Å². The van der Waals surface area contributed by atoms with E-state index >= 15 is 0 Å². The van der Waals surface area contributed by atoms with Gasteiger partial charge in [0.2, 0.25) is 0 Å². The Bertz CT molecular complexity index is 1640. The van der Waals surface area contributed by atoms with Gasteiger partial charge in [0.05, 0.1) is 11.6 Å². The number of carbonyl (C=O) groups is 2. The minimum atomic E-state index is -0.389. The Morgan fingerprint density at radius 1 is 0.711 bits per heavy atom. The number of halogens is 3. The third-order valence-electron chi connectivity index (χ3n) is 8.34. The Hall–Kier alpha value is -3.75. The lowest BCUT2D eigenvalue weighted by Crippen LogP contribution is -2.61. The number of amides is 2. The minimum absolute atomic E-state index is 0.185.